The van der Waals surface area contributed by atoms with Gasteiger partial charge in [0.1, 0.15) is 0 Å². The van der Waals surface area contributed by atoms with Crippen LogP contribution < -0.4 is 5.32 Å². The van der Waals surface area contributed by atoms with E-state index in [0.29, 0.717) is 19.3 Å². The standard InChI is InChI=1S/C8H17NO3S/c1-3-13(10,11)6-7(2)9-8-4-12-5-8/h7-9H,3-6H2,1-2H3. The molecule has 1 fully saturated rings. The first kappa shape index (κ1) is 10.9. The Morgan fingerprint density at radius 2 is 2.15 bits per heavy atom. The topological polar surface area (TPSA) is 55.4 Å². The SMILES string of the molecule is CCS(=O)(=O)CC(C)NC1COC1. The second-order valence-electron chi connectivity index (χ2n) is 3.50. The Bertz CT molecular complexity index is 246. The van der Waals surface area contributed by atoms with E-state index in [1.54, 1.807) is 6.92 Å². The van der Waals surface area contributed by atoms with E-state index in [1.165, 1.54) is 0 Å². The molecule has 0 bridgehead atoms. The Labute approximate surface area is 79.6 Å². The summed E-state index contributed by atoms with van der Waals surface area (Å²) in [7, 11) is -2.85. The Morgan fingerprint density at radius 3 is 2.54 bits per heavy atom. The summed E-state index contributed by atoms with van der Waals surface area (Å²) in [6.45, 7) is 4.98. The molecule has 0 aromatic rings. The molecule has 13 heavy (non-hydrogen) atoms. The van der Waals surface area contributed by atoms with Crippen molar-refractivity contribution in [1.82, 2.24) is 5.32 Å². The van der Waals surface area contributed by atoms with E-state index in [2.05, 4.69) is 5.32 Å². The lowest BCUT2D eigenvalue weighted by atomic mass is 10.2. The van der Waals surface area contributed by atoms with E-state index in [9.17, 15) is 8.42 Å². The van der Waals surface area contributed by atoms with E-state index in [4.69, 9.17) is 4.74 Å². The molecule has 0 radical (unpaired) electrons. The largest absolute Gasteiger partial charge is 0.378 e. The maximum atomic E-state index is 11.2. The van der Waals surface area contributed by atoms with Gasteiger partial charge in [0.05, 0.1) is 25.0 Å². The van der Waals surface area contributed by atoms with Crippen LogP contribution in [0.2, 0.25) is 0 Å². The van der Waals surface area contributed by atoms with E-state index >= 15 is 0 Å². The van der Waals surface area contributed by atoms with Crippen LogP contribution in [0.15, 0.2) is 0 Å². The van der Waals surface area contributed by atoms with Crippen molar-refractivity contribution in [3.63, 3.8) is 0 Å². The van der Waals surface area contributed by atoms with E-state index in [-0.39, 0.29) is 17.5 Å². The van der Waals surface area contributed by atoms with Gasteiger partial charge >= 0.3 is 0 Å². The molecule has 1 aliphatic rings. The zero-order valence-corrected chi connectivity index (χ0v) is 8.93. The number of rotatable bonds is 5. The number of ether oxygens (including phenoxy) is 1. The summed E-state index contributed by atoms with van der Waals surface area (Å²) in [6.07, 6.45) is 0. The van der Waals surface area contributed by atoms with Gasteiger partial charge in [-0.05, 0) is 6.92 Å². The van der Waals surface area contributed by atoms with Crippen molar-refractivity contribution in [3.8, 4) is 0 Å². The molecule has 0 aromatic carbocycles. The maximum absolute atomic E-state index is 11.2. The average molecular weight is 207 g/mol. The van der Waals surface area contributed by atoms with Crippen LogP contribution in [0.5, 0.6) is 0 Å². The highest BCUT2D eigenvalue weighted by atomic mass is 32.2. The predicted molar refractivity (Wildman–Crippen MR) is 51.5 cm³/mol. The molecule has 1 N–H and O–H groups in total. The van der Waals surface area contributed by atoms with Gasteiger partial charge in [0, 0.05) is 11.8 Å². The van der Waals surface area contributed by atoms with E-state index in [1.807, 2.05) is 6.92 Å². The normalized spacial score (nSPS) is 21.1. The average Bonchev–Trinajstić information content (AvgIpc) is 1.96. The fraction of sp³-hybridized carbons (Fsp3) is 1.00. The second-order valence-corrected chi connectivity index (χ2v) is 5.90. The Balaban J connectivity index is 2.27. The lowest BCUT2D eigenvalue weighted by Gasteiger charge is -2.29. The van der Waals surface area contributed by atoms with Gasteiger partial charge in [0.15, 0.2) is 9.84 Å². The van der Waals surface area contributed by atoms with Crippen LogP contribution in [-0.4, -0.2) is 45.2 Å². The minimum absolute atomic E-state index is 0.0267. The maximum Gasteiger partial charge on any atom is 0.151 e. The number of sulfone groups is 1. The summed E-state index contributed by atoms with van der Waals surface area (Å²) < 4.78 is 27.4. The molecule has 4 nitrogen and oxygen atoms in total. The third-order valence-corrected chi connectivity index (χ3v) is 3.99. The summed E-state index contributed by atoms with van der Waals surface area (Å²) in [6, 6.07) is 0.376. The van der Waals surface area contributed by atoms with Crippen molar-refractivity contribution in [2.75, 3.05) is 24.7 Å². The summed E-state index contributed by atoms with van der Waals surface area (Å²) in [5, 5.41) is 3.20. The summed E-state index contributed by atoms with van der Waals surface area (Å²) in [4.78, 5) is 0. The van der Waals surface area contributed by atoms with Crippen LogP contribution in [0.1, 0.15) is 13.8 Å². The van der Waals surface area contributed by atoms with Crippen LogP contribution in [0, 0.1) is 0 Å². The molecule has 0 aromatic heterocycles. The fourth-order valence-corrected chi connectivity index (χ4v) is 2.37. The van der Waals surface area contributed by atoms with Crippen LogP contribution in [0.4, 0.5) is 0 Å². The summed E-state index contributed by atoms with van der Waals surface area (Å²) in [5.74, 6) is 0.445. The first-order valence-corrected chi connectivity index (χ1v) is 6.40. The van der Waals surface area contributed by atoms with Crippen molar-refractivity contribution in [1.29, 1.82) is 0 Å². The summed E-state index contributed by atoms with van der Waals surface area (Å²) >= 11 is 0. The molecule has 1 unspecified atom stereocenters. The zero-order valence-electron chi connectivity index (χ0n) is 8.12. The van der Waals surface area contributed by atoms with Crippen LogP contribution in [0.25, 0.3) is 0 Å². The number of hydrogen-bond donors (Lipinski definition) is 1. The lowest BCUT2D eigenvalue weighted by molar-refractivity contribution is -0.00814. The van der Waals surface area contributed by atoms with Gasteiger partial charge in [-0.15, -0.1) is 0 Å². The van der Waals surface area contributed by atoms with Gasteiger partial charge in [-0.25, -0.2) is 8.42 Å². The van der Waals surface area contributed by atoms with Gasteiger partial charge in [-0.1, -0.05) is 6.92 Å². The highest BCUT2D eigenvalue weighted by Crippen LogP contribution is 2.02. The highest BCUT2D eigenvalue weighted by molar-refractivity contribution is 7.91. The molecule has 1 heterocycles. The molecule has 1 rings (SSSR count). The van der Waals surface area contributed by atoms with E-state index in [0.717, 1.165) is 0 Å². The molecular formula is C8H17NO3S. The zero-order chi connectivity index (χ0) is 9.90. The monoisotopic (exact) mass is 207 g/mol. The van der Waals surface area contributed by atoms with Crippen LogP contribution in [-0.2, 0) is 14.6 Å². The molecule has 0 aliphatic carbocycles. The molecular weight excluding hydrogens is 190 g/mol. The van der Waals surface area contributed by atoms with Gasteiger partial charge in [0.25, 0.3) is 0 Å². The van der Waals surface area contributed by atoms with Gasteiger partial charge in [0.2, 0.25) is 0 Å². The third kappa shape index (κ3) is 3.62. The minimum atomic E-state index is -2.85. The fourth-order valence-electron chi connectivity index (χ4n) is 1.28. The molecule has 1 aliphatic heterocycles. The first-order valence-electron chi connectivity index (χ1n) is 4.57. The Kier molecular flexibility index (Phi) is 3.70. The molecule has 1 saturated heterocycles. The molecule has 0 saturated carbocycles. The van der Waals surface area contributed by atoms with Crippen molar-refractivity contribution in [3.05, 3.63) is 0 Å². The van der Waals surface area contributed by atoms with Crippen LogP contribution in [0.3, 0.4) is 0 Å². The van der Waals surface area contributed by atoms with Crippen molar-refractivity contribution in [2.45, 2.75) is 25.9 Å². The van der Waals surface area contributed by atoms with Crippen LogP contribution >= 0.6 is 0 Å². The lowest BCUT2D eigenvalue weighted by Crippen LogP contribution is -2.51. The minimum Gasteiger partial charge on any atom is -0.378 e. The molecule has 0 spiro atoms. The Morgan fingerprint density at radius 1 is 1.54 bits per heavy atom. The molecule has 1 atom stereocenters. The van der Waals surface area contributed by atoms with Gasteiger partial charge in [-0.3, -0.25) is 0 Å². The van der Waals surface area contributed by atoms with E-state index < -0.39 is 9.84 Å². The predicted octanol–water partition coefficient (Wildman–Crippen LogP) is -0.202. The second kappa shape index (κ2) is 4.39. The third-order valence-electron chi connectivity index (χ3n) is 2.10. The van der Waals surface area contributed by atoms with Crippen molar-refractivity contribution >= 4 is 9.84 Å². The molecule has 5 heteroatoms. The first-order chi connectivity index (χ1) is 6.03. The van der Waals surface area contributed by atoms with Gasteiger partial charge < -0.3 is 10.1 Å². The number of nitrogens with one attached hydrogen (secondary N) is 1. The molecule has 0 amide bonds. The van der Waals surface area contributed by atoms with Crippen molar-refractivity contribution in [2.24, 2.45) is 0 Å². The smallest absolute Gasteiger partial charge is 0.151 e. The van der Waals surface area contributed by atoms with Crippen molar-refractivity contribution < 1.29 is 13.2 Å². The molecule has 78 valence electrons. The van der Waals surface area contributed by atoms with Gasteiger partial charge in [-0.2, -0.15) is 0 Å². The quantitative estimate of drug-likeness (QED) is 0.678. The number of hydrogen-bond acceptors (Lipinski definition) is 4. The summed E-state index contributed by atoms with van der Waals surface area (Å²) in [5.41, 5.74) is 0. The highest BCUT2D eigenvalue weighted by Gasteiger charge is 2.22. The Hall–Kier alpha value is -0.130.